The second-order valence-electron chi connectivity index (χ2n) is 6.58. The van der Waals surface area contributed by atoms with Gasteiger partial charge < -0.3 is 25.4 Å². The quantitative estimate of drug-likeness (QED) is 0.766. The maximum absolute atomic E-state index is 12.2. The van der Waals surface area contributed by atoms with Crippen LogP contribution in [-0.2, 0) is 9.53 Å². The summed E-state index contributed by atoms with van der Waals surface area (Å²) >= 11 is 6.15. The molecule has 1 heterocycles. The first-order valence-corrected chi connectivity index (χ1v) is 9.23. The average Bonchev–Trinajstić information content (AvgIpc) is 2.65. The van der Waals surface area contributed by atoms with Gasteiger partial charge in [0.05, 0.1) is 24.6 Å². The van der Waals surface area contributed by atoms with E-state index < -0.39 is 0 Å². The molecular formula is C20H24ClN3O3. The molecule has 0 aromatic heterocycles. The molecule has 2 aromatic carbocycles. The van der Waals surface area contributed by atoms with Crippen LogP contribution in [0.15, 0.2) is 30.3 Å². The highest BCUT2D eigenvalue weighted by Gasteiger charge is 2.14. The highest BCUT2D eigenvalue weighted by Crippen LogP contribution is 2.28. The number of nitrogens with zero attached hydrogens (tertiary/aromatic N) is 1. The van der Waals surface area contributed by atoms with Gasteiger partial charge in [0.1, 0.15) is 5.75 Å². The lowest BCUT2D eigenvalue weighted by Crippen LogP contribution is -2.36. The van der Waals surface area contributed by atoms with Crippen molar-refractivity contribution < 1.29 is 14.3 Å². The molecule has 1 aliphatic rings. The Hall–Kier alpha value is -2.44. The summed E-state index contributed by atoms with van der Waals surface area (Å²) in [4.78, 5) is 14.4. The van der Waals surface area contributed by atoms with Crippen LogP contribution in [0.25, 0.3) is 0 Å². The number of rotatable bonds is 5. The number of hydrogen-bond acceptors (Lipinski definition) is 5. The number of benzene rings is 2. The minimum Gasteiger partial charge on any atom is -0.484 e. The number of aryl methyl sites for hydroxylation is 2. The van der Waals surface area contributed by atoms with E-state index in [0.29, 0.717) is 35.4 Å². The van der Waals surface area contributed by atoms with E-state index in [1.807, 2.05) is 38.1 Å². The number of nitrogen functional groups attached to an aromatic ring is 1. The molecule has 0 aliphatic carbocycles. The Morgan fingerprint density at radius 2 is 1.89 bits per heavy atom. The third-order valence-corrected chi connectivity index (χ3v) is 5.04. The van der Waals surface area contributed by atoms with Crippen LogP contribution in [-0.4, -0.2) is 38.8 Å². The number of carbonyl (C=O) groups is 1. The highest BCUT2D eigenvalue weighted by atomic mass is 35.5. The topological polar surface area (TPSA) is 76.8 Å². The zero-order valence-corrected chi connectivity index (χ0v) is 16.3. The van der Waals surface area contributed by atoms with Gasteiger partial charge in [-0.2, -0.15) is 0 Å². The molecule has 6 nitrogen and oxygen atoms in total. The molecule has 0 atom stereocenters. The molecule has 0 saturated carbocycles. The monoisotopic (exact) mass is 389 g/mol. The van der Waals surface area contributed by atoms with Crippen molar-refractivity contribution >= 4 is 34.6 Å². The lowest BCUT2D eigenvalue weighted by Gasteiger charge is -2.30. The number of hydrogen-bond donors (Lipinski definition) is 2. The Morgan fingerprint density at radius 3 is 2.52 bits per heavy atom. The summed E-state index contributed by atoms with van der Waals surface area (Å²) in [7, 11) is 0. The van der Waals surface area contributed by atoms with Gasteiger partial charge in [-0.1, -0.05) is 11.6 Å². The van der Waals surface area contributed by atoms with E-state index in [9.17, 15) is 4.79 Å². The van der Waals surface area contributed by atoms with Crippen molar-refractivity contribution in [3.8, 4) is 5.75 Å². The lowest BCUT2D eigenvalue weighted by molar-refractivity contribution is -0.118. The smallest absolute Gasteiger partial charge is 0.262 e. The van der Waals surface area contributed by atoms with Crippen molar-refractivity contribution in [1.82, 2.24) is 0 Å². The first-order chi connectivity index (χ1) is 12.9. The first kappa shape index (κ1) is 19.3. The van der Waals surface area contributed by atoms with Crippen LogP contribution in [0.2, 0.25) is 5.02 Å². The molecule has 0 bridgehead atoms. The predicted molar refractivity (Wildman–Crippen MR) is 109 cm³/mol. The molecule has 1 fully saturated rings. The first-order valence-electron chi connectivity index (χ1n) is 8.85. The Bertz CT molecular complexity index is 812. The normalized spacial score (nSPS) is 14.1. The zero-order valence-electron chi connectivity index (χ0n) is 15.5. The molecule has 144 valence electrons. The number of halogens is 1. The summed E-state index contributed by atoms with van der Waals surface area (Å²) in [6.45, 7) is 6.72. The molecule has 1 saturated heterocycles. The lowest BCUT2D eigenvalue weighted by atomic mass is 10.1. The number of nitrogens with one attached hydrogen (secondary N) is 1. The molecule has 1 amide bonds. The van der Waals surface area contributed by atoms with Gasteiger partial charge in [0.15, 0.2) is 6.61 Å². The third kappa shape index (κ3) is 4.84. The van der Waals surface area contributed by atoms with Gasteiger partial charge in [-0.3, -0.25) is 4.79 Å². The fourth-order valence-electron chi connectivity index (χ4n) is 3.06. The summed E-state index contributed by atoms with van der Waals surface area (Å²) in [6.07, 6.45) is 0. The Labute approximate surface area is 164 Å². The van der Waals surface area contributed by atoms with E-state index in [4.69, 9.17) is 26.8 Å². The van der Waals surface area contributed by atoms with Crippen LogP contribution in [0.5, 0.6) is 5.75 Å². The standard InChI is InChI=1S/C20H24ClN3O3/c1-13-9-16(10-14(2)20(13)21)27-12-19(25)23-15-3-4-18(17(22)11-15)24-5-7-26-8-6-24/h3-4,9-11H,5-8,12,22H2,1-2H3,(H,23,25). The van der Waals surface area contributed by atoms with Gasteiger partial charge in [0, 0.05) is 23.8 Å². The number of ether oxygens (including phenoxy) is 2. The predicted octanol–water partition coefficient (Wildman–Crippen LogP) is 3.39. The summed E-state index contributed by atoms with van der Waals surface area (Å²) < 4.78 is 10.9. The summed E-state index contributed by atoms with van der Waals surface area (Å²) in [5, 5.41) is 3.52. The molecule has 0 unspecified atom stereocenters. The minimum atomic E-state index is -0.251. The minimum absolute atomic E-state index is 0.0916. The maximum Gasteiger partial charge on any atom is 0.262 e. The van der Waals surface area contributed by atoms with E-state index >= 15 is 0 Å². The van der Waals surface area contributed by atoms with Crippen molar-refractivity contribution in [3.05, 3.63) is 46.5 Å². The van der Waals surface area contributed by atoms with Gasteiger partial charge in [-0.15, -0.1) is 0 Å². The van der Waals surface area contributed by atoms with Crippen LogP contribution in [0.1, 0.15) is 11.1 Å². The molecule has 3 N–H and O–H groups in total. The summed E-state index contributed by atoms with van der Waals surface area (Å²) in [5.74, 6) is 0.366. The molecule has 7 heteroatoms. The number of anilines is 3. The molecular weight excluding hydrogens is 366 g/mol. The molecule has 2 aromatic rings. The number of morpholine rings is 1. The van der Waals surface area contributed by atoms with Crippen molar-refractivity contribution in [2.24, 2.45) is 0 Å². The van der Waals surface area contributed by atoms with Gasteiger partial charge >= 0.3 is 0 Å². The largest absolute Gasteiger partial charge is 0.484 e. The molecule has 1 aliphatic heterocycles. The molecule has 3 rings (SSSR count). The molecule has 27 heavy (non-hydrogen) atoms. The fraction of sp³-hybridized carbons (Fsp3) is 0.350. The van der Waals surface area contributed by atoms with Crippen molar-refractivity contribution in [2.45, 2.75) is 13.8 Å². The van der Waals surface area contributed by atoms with E-state index in [0.717, 1.165) is 29.9 Å². The van der Waals surface area contributed by atoms with Gasteiger partial charge in [-0.05, 0) is 55.3 Å². The Morgan fingerprint density at radius 1 is 1.22 bits per heavy atom. The summed E-state index contributed by atoms with van der Waals surface area (Å²) in [6, 6.07) is 9.16. The zero-order chi connectivity index (χ0) is 19.4. The SMILES string of the molecule is Cc1cc(OCC(=O)Nc2ccc(N3CCOCC3)c(N)c2)cc(C)c1Cl. The second kappa shape index (κ2) is 8.50. The van der Waals surface area contributed by atoms with Crippen LogP contribution < -0.4 is 20.7 Å². The van der Waals surface area contributed by atoms with Crippen molar-refractivity contribution in [3.63, 3.8) is 0 Å². The van der Waals surface area contributed by atoms with E-state index in [1.54, 1.807) is 6.07 Å². The average molecular weight is 390 g/mol. The molecule has 0 radical (unpaired) electrons. The van der Waals surface area contributed by atoms with Crippen LogP contribution in [0.4, 0.5) is 17.1 Å². The van der Waals surface area contributed by atoms with E-state index in [2.05, 4.69) is 10.2 Å². The van der Waals surface area contributed by atoms with E-state index in [1.165, 1.54) is 0 Å². The van der Waals surface area contributed by atoms with Gasteiger partial charge in [0.2, 0.25) is 0 Å². The van der Waals surface area contributed by atoms with Crippen LogP contribution in [0.3, 0.4) is 0 Å². The number of amides is 1. The Balaban J connectivity index is 1.58. The van der Waals surface area contributed by atoms with Gasteiger partial charge in [-0.25, -0.2) is 0 Å². The van der Waals surface area contributed by atoms with Crippen LogP contribution in [0, 0.1) is 13.8 Å². The van der Waals surface area contributed by atoms with Crippen molar-refractivity contribution in [1.29, 1.82) is 0 Å². The second-order valence-corrected chi connectivity index (χ2v) is 6.96. The highest BCUT2D eigenvalue weighted by molar-refractivity contribution is 6.32. The summed E-state index contributed by atoms with van der Waals surface area (Å²) in [5.41, 5.74) is 10.2. The van der Waals surface area contributed by atoms with Crippen LogP contribution >= 0.6 is 11.6 Å². The fourth-order valence-corrected chi connectivity index (χ4v) is 3.17. The number of carbonyl (C=O) groups excluding carboxylic acids is 1. The van der Waals surface area contributed by atoms with Gasteiger partial charge in [0.25, 0.3) is 5.91 Å². The van der Waals surface area contributed by atoms with Crippen molar-refractivity contribution in [2.75, 3.05) is 48.9 Å². The maximum atomic E-state index is 12.2. The number of nitrogens with two attached hydrogens (primary N) is 1. The Kier molecular flexibility index (Phi) is 6.08. The van der Waals surface area contributed by atoms with E-state index in [-0.39, 0.29) is 12.5 Å². The third-order valence-electron chi connectivity index (χ3n) is 4.44. The molecule has 0 spiro atoms.